The minimum absolute atomic E-state index is 0.0598. The molecule has 0 aromatic rings. The topological polar surface area (TPSA) is 75.6 Å². The van der Waals surface area contributed by atoms with Crippen LogP contribution in [-0.2, 0) is 14.3 Å². The van der Waals surface area contributed by atoms with Crippen molar-refractivity contribution >= 4 is 11.9 Å². The van der Waals surface area contributed by atoms with E-state index in [0.29, 0.717) is 0 Å². The molecule has 0 fully saturated rings. The van der Waals surface area contributed by atoms with Gasteiger partial charge in [-0.2, -0.15) is 0 Å². The summed E-state index contributed by atoms with van der Waals surface area (Å²) in [6.07, 6.45) is -0.0925. The van der Waals surface area contributed by atoms with E-state index in [0.717, 1.165) is 0 Å². The molecular weight excluding hydrogens is 234 g/mol. The molecule has 18 heavy (non-hydrogen) atoms. The van der Waals surface area contributed by atoms with E-state index < -0.39 is 12.0 Å². The predicted molar refractivity (Wildman–Crippen MR) is 69.3 cm³/mol. The smallest absolute Gasteiger partial charge is 0.305 e. The molecule has 0 bridgehead atoms. The third kappa shape index (κ3) is 8.06. The van der Waals surface area contributed by atoms with Gasteiger partial charge >= 0.3 is 5.97 Å². The highest BCUT2D eigenvalue weighted by atomic mass is 16.5. The van der Waals surface area contributed by atoms with Crippen molar-refractivity contribution in [1.82, 2.24) is 5.32 Å². The first kappa shape index (κ1) is 16.9. The number of nitrogens with one attached hydrogen (secondary N) is 1. The van der Waals surface area contributed by atoms with E-state index in [9.17, 15) is 9.59 Å². The van der Waals surface area contributed by atoms with Gasteiger partial charge in [0.05, 0.1) is 12.0 Å². The zero-order valence-electron chi connectivity index (χ0n) is 12.2. The summed E-state index contributed by atoms with van der Waals surface area (Å²) in [6, 6.07) is -0.411. The van der Waals surface area contributed by atoms with Crippen LogP contribution in [0.1, 0.15) is 48.0 Å². The first-order chi connectivity index (χ1) is 7.92. The number of hydrogen-bond donors (Lipinski definition) is 2. The van der Waals surface area contributed by atoms with Crippen molar-refractivity contribution in [1.29, 1.82) is 0 Å². The quantitative estimate of drug-likeness (QED) is 0.789. The van der Waals surface area contributed by atoms with Gasteiger partial charge in [-0.05, 0) is 26.2 Å². The largest absolute Gasteiger partial charge is 0.481 e. The van der Waals surface area contributed by atoms with Gasteiger partial charge < -0.3 is 15.2 Å². The van der Waals surface area contributed by atoms with Gasteiger partial charge in [-0.15, -0.1) is 0 Å². The van der Waals surface area contributed by atoms with Crippen molar-refractivity contribution in [2.45, 2.75) is 59.6 Å². The Bertz CT molecular complexity index is 299. The Hall–Kier alpha value is -1.10. The fraction of sp³-hybridized carbons (Fsp3) is 0.846. The van der Waals surface area contributed by atoms with Crippen LogP contribution in [0.2, 0.25) is 0 Å². The van der Waals surface area contributed by atoms with Crippen LogP contribution in [0.5, 0.6) is 0 Å². The summed E-state index contributed by atoms with van der Waals surface area (Å²) in [6.45, 7) is 11.2. The molecule has 0 aliphatic carbocycles. The number of carbonyl (C=O) groups is 2. The van der Waals surface area contributed by atoms with Crippen molar-refractivity contribution in [2.24, 2.45) is 5.41 Å². The van der Waals surface area contributed by atoms with Crippen LogP contribution in [0.15, 0.2) is 0 Å². The number of carboxylic acids is 1. The molecule has 106 valence electrons. The molecule has 5 nitrogen and oxygen atoms in total. The first-order valence-electron chi connectivity index (χ1n) is 6.07. The highest BCUT2D eigenvalue weighted by Gasteiger charge is 2.28. The molecule has 0 rings (SSSR count). The Labute approximate surface area is 109 Å². The van der Waals surface area contributed by atoms with Gasteiger partial charge in [0.2, 0.25) is 5.91 Å². The number of aliphatic carboxylic acids is 1. The zero-order valence-corrected chi connectivity index (χ0v) is 12.2. The summed E-state index contributed by atoms with van der Waals surface area (Å²) in [7, 11) is 0. The highest BCUT2D eigenvalue weighted by Crippen LogP contribution is 2.21. The molecule has 0 aromatic heterocycles. The van der Waals surface area contributed by atoms with Crippen LogP contribution in [0.25, 0.3) is 0 Å². The molecule has 0 aliphatic rings. The number of amides is 1. The Morgan fingerprint density at radius 3 is 2.00 bits per heavy atom. The summed E-state index contributed by atoms with van der Waals surface area (Å²) in [5.74, 6) is -1.21. The van der Waals surface area contributed by atoms with Gasteiger partial charge in [-0.1, -0.05) is 20.8 Å². The second-order valence-electron chi connectivity index (χ2n) is 6.49. The minimum Gasteiger partial charge on any atom is -0.481 e. The Kier molecular flexibility index (Phi) is 5.80. The number of ether oxygens (including phenoxy) is 1. The van der Waals surface area contributed by atoms with E-state index in [1.165, 1.54) is 0 Å². The van der Waals surface area contributed by atoms with Crippen LogP contribution in [0.4, 0.5) is 0 Å². The molecule has 0 aliphatic heterocycles. The van der Waals surface area contributed by atoms with Crippen molar-refractivity contribution < 1.29 is 19.4 Å². The molecule has 1 atom stereocenters. The summed E-state index contributed by atoms with van der Waals surface area (Å²) in [4.78, 5) is 22.5. The van der Waals surface area contributed by atoms with Crippen LogP contribution in [0, 0.1) is 5.41 Å². The van der Waals surface area contributed by atoms with Crippen LogP contribution < -0.4 is 5.32 Å². The van der Waals surface area contributed by atoms with E-state index in [1.807, 2.05) is 41.5 Å². The summed E-state index contributed by atoms with van der Waals surface area (Å²) < 4.78 is 5.35. The Morgan fingerprint density at radius 1 is 1.17 bits per heavy atom. The molecule has 1 amide bonds. The second kappa shape index (κ2) is 6.18. The molecule has 5 heteroatoms. The van der Waals surface area contributed by atoms with Crippen LogP contribution >= 0.6 is 0 Å². The summed E-state index contributed by atoms with van der Waals surface area (Å²) in [5.41, 5.74) is -0.697. The molecule has 0 saturated carbocycles. The minimum atomic E-state index is -0.924. The number of carbonyl (C=O) groups excluding carboxylic acids is 1. The molecule has 0 saturated heterocycles. The molecule has 2 N–H and O–H groups in total. The zero-order chi connectivity index (χ0) is 14.6. The van der Waals surface area contributed by atoms with E-state index in [2.05, 4.69) is 5.32 Å². The summed E-state index contributed by atoms with van der Waals surface area (Å²) in [5, 5.41) is 11.6. The van der Waals surface area contributed by atoms with Gasteiger partial charge in [-0.3, -0.25) is 9.59 Å². The molecular formula is C13H25NO4. The average Bonchev–Trinajstić information content (AvgIpc) is 2.10. The predicted octanol–water partition coefficient (Wildman–Crippen LogP) is 1.81. The number of hydrogen-bond acceptors (Lipinski definition) is 3. The SMILES string of the molecule is CC(C)(C)OCC(=O)NC(CC(=O)O)C(C)(C)C. The van der Waals surface area contributed by atoms with Crippen molar-refractivity contribution in [2.75, 3.05) is 6.61 Å². The maximum Gasteiger partial charge on any atom is 0.305 e. The van der Waals surface area contributed by atoms with E-state index in [-0.39, 0.29) is 30.0 Å². The van der Waals surface area contributed by atoms with Crippen LogP contribution in [-0.4, -0.2) is 35.2 Å². The fourth-order valence-electron chi connectivity index (χ4n) is 1.27. The third-order valence-corrected chi connectivity index (χ3v) is 2.40. The van der Waals surface area contributed by atoms with E-state index >= 15 is 0 Å². The van der Waals surface area contributed by atoms with Crippen molar-refractivity contribution in [3.63, 3.8) is 0 Å². The maximum absolute atomic E-state index is 11.7. The van der Waals surface area contributed by atoms with E-state index in [1.54, 1.807) is 0 Å². The third-order valence-electron chi connectivity index (χ3n) is 2.40. The van der Waals surface area contributed by atoms with E-state index in [4.69, 9.17) is 9.84 Å². The standard InChI is InChI=1S/C13H25NO4/c1-12(2,3)9(7-11(16)17)14-10(15)8-18-13(4,5)6/h9H,7-8H2,1-6H3,(H,14,15)(H,16,17). The monoisotopic (exact) mass is 259 g/mol. The number of rotatable bonds is 5. The van der Waals surface area contributed by atoms with Crippen molar-refractivity contribution in [3.8, 4) is 0 Å². The average molecular weight is 259 g/mol. The van der Waals surface area contributed by atoms with Crippen molar-refractivity contribution in [3.05, 3.63) is 0 Å². The lowest BCUT2D eigenvalue weighted by molar-refractivity contribution is -0.139. The lowest BCUT2D eigenvalue weighted by atomic mass is 9.85. The normalized spacial score (nSPS) is 14.1. The molecule has 0 aromatic carbocycles. The Morgan fingerprint density at radius 2 is 1.67 bits per heavy atom. The van der Waals surface area contributed by atoms with Gasteiger partial charge in [-0.25, -0.2) is 0 Å². The van der Waals surface area contributed by atoms with Gasteiger partial charge in [0.25, 0.3) is 0 Å². The lowest BCUT2D eigenvalue weighted by Gasteiger charge is -2.30. The van der Waals surface area contributed by atoms with Crippen LogP contribution in [0.3, 0.4) is 0 Å². The van der Waals surface area contributed by atoms with Gasteiger partial charge in [0.15, 0.2) is 0 Å². The van der Waals surface area contributed by atoms with Gasteiger partial charge in [0.1, 0.15) is 6.61 Å². The summed E-state index contributed by atoms with van der Waals surface area (Å²) >= 11 is 0. The highest BCUT2D eigenvalue weighted by molar-refractivity contribution is 5.78. The Balaban J connectivity index is 4.41. The lowest BCUT2D eigenvalue weighted by Crippen LogP contribution is -2.46. The molecule has 0 heterocycles. The molecule has 0 spiro atoms. The number of carboxylic acid groups (broad SMARTS) is 1. The fourth-order valence-corrected chi connectivity index (χ4v) is 1.27. The van der Waals surface area contributed by atoms with Gasteiger partial charge in [0, 0.05) is 6.04 Å². The molecule has 1 unspecified atom stereocenters. The molecule has 0 radical (unpaired) electrons. The first-order valence-corrected chi connectivity index (χ1v) is 6.07. The maximum atomic E-state index is 11.7. The second-order valence-corrected chi connectivity index (χ2v) is 6.49.